The average Bonchev–Trinajstić information content (AvgIpc) is 2.27. The topological polar surface area (TPSA) is 15.3 Å². The lowest BCUT2D eigenvalue weighted by atomic mass is 10.1. The van der Waals surface area contributed by atoms with Crippen LogP contribution in [0.5, 0.6) is 0 Å². The van der Waals surface area contributed by atoms with Gasteiger partial charge in [-0.05, 0) is 32.0 Å². The summed E-state index contributed by atoms with van der Waals surface area (Å²) in [5, 5.41) is 3.00. The molecule has 1 N–H and O–H groups in total. The number of halogens is 3. The number of hydrogen-bond acceptors (Lipinski definition) is 2. The summed E-state index contributed by atoms with van der Waals surface area (Å²) in [6, 6.07) is 5.57. The second-order valence-electron chi connectivity index (χ2n) is 4.70. The summed E-state index contributed by atoms with van der Waals surface area (Å²) in [6.07, 6.45) is -3.50. The Morgan fingerprint density at radius 2 is 1.95 bits per heavy atom. The second kappa shape index (κ2) is 6.80. The third-order valence-corrected chi connectivity index (χ3v) is 2.81. The largest absolute Gasteiger partial charge is 0.405 e. The molecule has 5 heteroatoms. The van der Waals surface area contributed by atoms with E-state index in [1.165, 1.54) is 4.90 Å². The van der Waals surface area contributed by atoms with Crippen molar-refractivity contribution in [3.8, 4) is 0 Å². The fourth-order valence-corrected chi connectivity index (χ4v) is 2.13. The molecule has 19 heavy (non-hydrogen) atoms. The average molecular weight is 274 g/mol. The third-order valence-electron chi connectivity index (χ3n) is 2.81. The van der Waals surface area contributed by atoms with Crippen LogP contribution in [-0.4, -0.2) is 26.3 Å². The minimum Gasteiger partial charge on any atom is -0.362 e. The number of nitrogens with zero attached hydrogens (tertiary/aromatic N) is 1. The molecular formula is C14H21F3N2. The van der Waals surface area contributed by atoms with Crippen LogP contribution in [0.15, 0.2) is 18.2 Å². The first kappa shape index (κ1) is 15.8. The third kappa shape index (κ3) is 5.11. The highest BCUT2D eigenvalue weighted by molar-refractivity contribution is 5.55. The number of benzene rings is 1. The lowest BCUT2D eigenvalue weighted by Crippen LogP contribution is -2.35. The van der Waals surface area contributed by atoms with Gasteiger partial charge in [0.25, 0.3) is 0 Å². The Morgan fingerprint density at radius 3 is 2.47 bits per heavy atom. The Bertz CT molecular complexity index is 402. The lowest BCUT2D eigenvalue weighted by molar-refractivity contribution is -0.119. The van der Waals surface area contributed by atoms with Crippen LogP contribution in [0.2, 0.25) is 0 Å². The van der Waals surface area contributed by atoms with Crippen molar-refractivity contribution in [2.45, 2.75) is 33.0 Å². The van der Waals surface area contributed by atoms with Gasteiger partial charge in [-0.2, -0.15) is 13.2 Å². The monoisotopic (exact) mass is 274 g/mol. The van der Waals surface area contributed by atoms with Gasteiger partial charge < -0.3 is 10.2 Å². The minimum absolute atomic E-state index is 0.402. The van der Waals surface area contributed by atoms with E-state index in [9.17, 15) is 13.2 Å². The van der Waals surface area contributed by atoms with Gasteiger partial charge in [0, 0.05) is 18.8 Å². The normalized spacial score (nSPS) is 11.7. The van der Waals surface area contributed by atoms with Gasteiger partial charge in [-0.25, -0.2) is 0 Å². The number of hydrogen-bond donors (Lipinski definition) is 1. The van der Waals surface area contributed by atoms with E-state index in [1.54, 1.807) is 13.1 Å². The highest BCUT2D eigenvalue weighted by Crippen LogP contribution is 2.26. The van der Waals surface area contributed by atoms with Crippen LogP contribution in [0.4, 0.5) is 18.9 Å². The molecule has 0 aliphatic carbocycles. The van der Waals surface area contributed by atoms with Gasteiger partial charge in [-0.3, -0.25) is 0 Å². The van der Waals surface area contributed by atoms with Gasteiger partial charge in [0.1, 0.15) is 6.54 Å². The fourth-order valence-electron chi connectivity index (χ4n) is 2.13. The van der Waals surface area contributed by atoms with Gasteiger partial charge in [0.2, 0.25) is 0 Å². The van der Waals surface area contributed by atoms with E-state index in [1.807, 2.05) is 26.0 Å². The van der Waals surface area contributed by atoms with Crippen LogP contribution in [-0.2, 0) is 6.54 Å². The first-order valence-corrected chi connectivity index (χ1v) is 6.43. The Labute approximate surface area is 112 Å². The van der Waals surface area contributed by atoms with Crippen LogP contribution < -0.4 is 10.2 Å². The molecule has 0 atom stereocenters. The zero-order chi connectivity index (χ0) is 14.5. The van der Waals surface area contributed by atoms with Crippen molar-refractivity contribution < 1.29 is 13.2 Å². The molecule has 0 heterocycles. The molecule has 1 rings (SSSR count). The van der Waals surface area contributed by atoms with Crippen LogP contribution >= 0.6 is 0 Å². The van der Waals surface area contributed by atoms with Crippen LogP contribution in [0.25, 0.3) is 0 Å². The van der Waals surface area contributed by atoms with Crippen molar-refractivity contribution >= 4 is 5.69 Å². The molecule has 0 fully saturated rings. The molecule has 0 bridgehead atoms. The Hall–Kier alpha value is -1.23. The van der Waals surface area contributed by atoms with Crippen LogP contribution in [0.1, 0.15) is 24.5 Å². The molecule has 108 valence electrons. The van der Waals surface area contributed by atoms with Crippen molar-refractivity contribution in [2.24, 2.45) is 0 Å². The zero-order valence-corrected chi connectivity index (χ0v) is 11.6. The van der Waals surface area contributed by atoms with Crippen molar-refractivity contribution in [1.82, 2.24) is 5.32 Å². The first-order chi connectivity index (χ1) is 8.87. The molecule has 0 spiro atoms. The predicted molar refractivity (Wildman–Crippen MR) is 72.5 cm³/mol. The fraction of sp³-hybridized carbons (Fsp3) is 0.571. The summed E-state index contributed by atoms with van der Waals surface area (Å²) >= 11 is 0. The van der Waals surface area contributed by atoms with E-state index in [2.05, 4.69) is 5.32 Å². The van der Waals surface area contributed by atoms with E-state index in [-0.39, 0.29) is 0 Å². The maximum absolute atomic E-state index is 12.7. The molecule has 0 unspecified atom stereocenters. The predicted octanol–water partition coefficient (Wildman–Crippen LogP) is 3.49. The SMILES string of the molecule is CCCN(CC(F)(F)F)c1ccc(C)cc1CNC. The summed E-state index contributed by atoms with van der Waals surface area (Å²) in [5.41, 5.74) is 2.62. The van der Waals surface area contributed by atoms with E-state index >= 15 is 0 Å². The van der Waals surface area contributed by atoms with Crippen LogP contribution in [0, 0.1) is 6.92 Å². The van der Waals surface area contributed by atoms with E-state index in [0.717, 1.165) is 11.1 Å². The van der Waals surface area contributed by atoms with Crippen molar-refractivity contribution in [3.05, 3.63) is 29.3 Å². The molecule has 0 aromatic heterocycles. The molecule has 0 aliphatic rings. The highest BCUT2D eigenvalue weighted by atomic mass is 19.4. The molecule has 0 amide bonds. The van der Waals surface area contributed by atoms with E-state index < -0.39 is 12.7 Å². The van der Waals surface area contributed by atoms with Gasteiger partial charge in [-0.1, -0.05) is 24.6 Å². The number of alkyl halides is 3. The zero-order valence-electron chi connectivity index (χ0n) is 11.6. The first-order valence-electron chi connectivity index (χ1n) is 6.43. The summed E-state index contributed by atoms with van der Waals surface area (Å²) in [4.78, 5) is 1.41. The van der Waals surface area contributed by atoms with Gasteiger partial charge >= 0.3 is 6.18 Å². The standard InChI is InChI=1S/C14H21F3N2/c1-4-7-19(10-14(15,16)17)13-6-5-11(2)8-12(13)9-18-3/h5-6,8,18H,4,7,9-10H2,1-3H3. The molecule has 1 aromatic carbocycles. The number of anilines is 1. The minimum atomic E-state index is -4.18. The van der Waals surface area contributed by atoms with Crippen molar-refractivity contribution in [1.29, 1.82) is 0 Å². The van der Waals surface area contributed by atoms with Crippen molar-refractivity contribution in [2.75, 3.05) is 25.0 Å². The number of nitrogens with one attached hydrogen (secondary N) is 1. The Balaban J connectivity index is 3.06. The lowest BCUT2D eigenvalue weighted by Gasteiger charge is -2.28. The maximum Gasteiger partial charge on any atom is 0.405 e. The van der Waals surface area contributed by atoms with Crippen LogP contribution in [0.3, 0.4) is 0 Å². The number of rotatable bonds is 6. The molecule has 0 aliphatic heterocycles. The Morgan fingerprint density at radius 1 is 1.26 bits per heavy atom. The molecule has 0 radical (unpaired) electrons. The quantitative estimate of drug-likeness (QED) is 0.854. The Kier molecular flexibility index (Phi) is 5.66. The molecule has 1 aromatic rings. The molecule has 0 saturated heterocycles. The molecule has 2 nitrogen and oxygen atoms in total. The smallest absolute Gasteiger partial charge is 0.362 e. The summed E-state index contributed by atoms with van der Waals surface area (Å²) < 4.78 is 38.0. The van der Waals surface area contributed by atoms with Gasteiger partial charge in [0.05, 0.1) is 0 Å². The van der Waals surface area contributed by atoms with Gasteiger partial charge in [0.15, 0.2) is 0 Å². The highest BCUT2D eigenvalue weighted by Gasteiger charge is 2.31. The van der Waals surface area contributed by atoms with Crippen molar-refractivity contribution in [3.63, 3.8) is 0 Å². The summed E-state index contributed by atoms with van der Waals surface area (Å²) in [7, 11) is 1.79. The summed E-state index contributed by atoms with van der Waals surface area (Å²) in [6.45, 7) is 3.89. The van der Waals surface area contributed by atoms with E-state index in [4.69, 9.17) is 0 Å². The maximum atomic E-state index is 12.7. The molecular weight excluding hydrogens is 253 g/mol. The second-order valence-corrected chi connectivity index (χ2v) is 4.70. The van der Waals surface area contributed by atoms with Gasteiger partial charge in [-0.15, -0.1) is 0 Å². The van der Waals surface area contributed by atoms with E-state index in [0.29, 0.717) is 25.2 Å². The summed E-state index contributed by atoms with van der Waals surface area (Å²) in [5.74, 6) is 0. The molecule has 0 saturated carbocycles. The number of aryl methyl sites for hydroxylation is 1.